The summed E-state index contributed by atoms with van der Waals surface area (Å²) in [5.41, 5.74) is 6.73. The standard InChI is InChI=1S/C13H20N4O/c1-8(2)18-13-11(14)12(15-7-16-13)17-6-9-3-4-10(17)5-9/h7-10H,3-6,14H2,1-2H3. The maximum atomic E-state index is 6.15. The minimum Gasteiger partial charge on any atom is -0.473 e. The van der Waals surface area contributed by atoms with Gasteiger partial charge in [0.15, 0.2) is 5.82 Å². The van der Waals surface area contributed by atoms with Crippen LogP contribution in [0, 0.1) is 5.92 Å². The highest BCUT2D eigenvalue weighted by molar-refractivity contribution is 5.68. The van der Waals surface area contributed by atoms with Crippen molar-refractivity contribution in [1.29, 1.82) is 0 Å². The van der Waals surface area contributed by atoms with Crippen LogP contribution in [0.2, 0.25) is 0 Å². The third kappa shape index (κ3) is 1.87. The van der Waals surface area contributed by atoms with Crippen LogP contribution in [0.3, 0.4) is 0 Å². The Bertz CT molecular complexity index is 449. The van der Waals surface area contributed by atoms with Gasteiger partial charge in [-0.15, -0.1) is 0 Å². The molecule has 5 nitrogen and oxygen atoms in total. The Kier molecular flexibility index (Phi) is 2.76. The van der Waals surface area contributed by atoms with E-state index in [4.69, 9.17) is 10.5 Å². The molecule has 2 atom stereocenters. The van der Waals surface area contributed by atoms with Gasteiger partial charge in [-0.2, -0.15) is 4.98 Å². The van der Waals surface area contributed by atoms with Gasteiger partial charge in [0.25, 0.3) is 0 Å². The average Bonchev–Trinajstić information content (AvgIpc) is 2.93. The summed E-state index contributed by atoms with van der Waals surface area (Å²) in [5.74, 6) is 2.18. The van der Waals surface area contributed by atoms with Crippen molar-refractivity contribution >= 4 is 11.5 Å². The topological polar surface area (TPSA) is 64.3 Å². The number of nitrogen functional groups attached to an aromatic ring is 1. The van der Waals surface area contributed by atoms with E-state index < -0.39 is 0 Å². The summed E-state index contributed by atoms with van der Waals surface area (Å²) >= 11 is 0. The molecule has 1 aromatic heterocycles. The minimum atomic E-state index is 0.0741. The highest BCUT2D eigenvalue weighted by Crippen LogP contribution is 2.42. The van der Waals surface area contributed by atoms with Gasteiger partial charge >= 0.3 is 0 Å². The number of piperidine rings is 1. The molecule has 0 amide bonds. The van der Waals surface area contributed by atoms with Crippen LogP contribution >= 0.6 is 0 Å². The molecule has 2 heterocycles. The van der Waals surface area contributed by atoms with Crippen LogP contribution in [0.25, 0.3) is 0 Å². The second kappa shape index (κ2) is 4.30. The van der Waals surface area contributed by atoms with Gasteiger partial charge in [-0.1, -0.05) is 0 Å². The smallest absolute Gasteiger partial charge is 0.242 e. The first-order chi connectivity index (χ1) is 8.65. The molecule has 98 valence electrons. The van der Waals surface area contributed by atoms with E-state index in [1.165, 1.54) is 19.3 Å². The fourth-order valence-corrected chi connectivity index (χ4v) is 3.10. The predicted molar refractivity (Wildman–Crippen MR) is 70.7 cm³/mol. The Morgan fingerprint density at radius 3 is 2.83 bits per heavy atom. The fraction of sp³-hybridized carbons (Fsp3) is 0.692. The van der Waals surface area contributed by atoms with Crippen LogP contribution in [0.15, 0.2) is 6.33 Å². The Balaban J connectivity index is 1.88. The van der Waals surface area contributed by atoms with Crippen molar-refractivity contribution in [1.82, 2.24) is 9.97 Å². The molecule has 1 aliphatic carbocycles. The molecule has 1 saturated heterocycles. The fourth-order valence-electron chi connectivity index (χ4n) is 3.10. The summed E-state index contributed by atoms with van der Waals surface area (Å²) in [6.45, 7) is 5.02. The van der Waals surface area contributed by atoms with Gasteiger partial charge in [0.1, 0.15) is 12.0 Å². The number of rotatable bonds is 3. The van der Waals surface area contributed by atoms with E-state index in [2.05, 4.69) is 14.9 Å². The molecule has 2 unspecified atom stereocenters. The van der Waals surface area contributed by atoms with Crippen molar-refractivity contribution in [3.63, 3.8) is 0 Å². The number of hydrogen-bond donors (Lipinski definition) is 1. The number of aromatic nitrogens is 2. The van der Waals surface area contributed by atoms with E-state index in [0.29, 0.717) is 17.6 Å². The summed E-state index contributed by atoms with van der Waals surface area (Å²) in [6, 6.07) is 0.610. The molecular formula is C13H20N4O. The normalized spacial score (nSPS) is 26.1. The van der Waals surface area contributed by atoms with E-state index in [9.17, 15) is 0 Å². The third-order valence-corrected chi connectivity index (χ3v) is 3.85. The number of anilines is 2. The van der Waals surface area contributed by atoms with Crippen LogP contribution in [-0.2, 0) is 0 Å². The first-order valence-corrected chi connectivity index (χ1v) is 6.69. The largest absolute Gasteiger partial charge is 0.473 e. The maximum Gasteiger partial charge on any atom is 0.242 e. The molecule has 3 rings (SSSR count). The van der Waals surface area contributed by atoms with Gasteiger partial charge in [-0.25, -0.2) is 4.98 Å². The molecule has 2 fully saturated rings. The highest BCUT2D eigenvalue weighted by Gasteiger charge is 2.39. The molecule has 1 aromatic rings. The van der Waals surface area contributed by atoms with Crippen LogP contribution in [0.1, 0.15) is 33.1 Å². The molecule has 1 saturated carbocycles. The Hall–Kier alpha value is -1.52. The molecule has 5 heteroatoms. The lowest BCUT2D eigenvalue weighted by Gasteiger charge is -2.29. The molecular weight excluding hydrogens is 228 g/mol. The summed E-state index contributed by atoms with van der Waals surface area (Å²) in [7, 11) is 0. The SMILES string of the molecule is CC(C)Oc1ncnc(N2CC3CCC2C3)c1N. The van der Waals surface area contributed by atoms with Crippen LogP contribution < -0.4 is 15.4 Å². The van der Waals surface area contributed by atoms with Crippen molar-refractivity contribution in [2.75, 3.05) is 17.2 Å². The van der Waals surface area contributed by atoms with Gasteiger partial charge in [-0.05, 0) is 39.0 Å². The van der Waals surface area contributed by atoms with Gasteiger partial charge in [0.2, 0.25) is 5.88 Å². The quantitative estimate of drug-likeness (QED) is 0.884. The lowest BCUT2D eigenvalue weighted by molar-refractivity contribution is 0.234. The molecule has 2 aliphatic rings. The zero-order valence-corrected chi connectivity index (χ0v) is 11.0. The van der Waals surface area contributed by atoms with Crippen molar-refractivity contribution in [3.8, 4) is 5.88 Å². The van der Waals surface area contributed by atoms with E-state index in [1.807, 2.05) is 13.8 Å². The van der Waals surface area contributed by atoms with Crippen molar-refractivity contribution < 1.29 is 4.74 Å². The minimum absolute atomic E-state index is 0.0741. The number of fused-ring (bicyclic) bond motifs is 2. The lowest BCUT2D eigenvalue weighted by atomic mass is 10.1. The number of ether oxygens (including phenoxy) is 1. The molecule has 2 bridgehead atoms. The molecule has 0 aromatic carbocycles. The molecule has 2 N–H and O–H groups in total. The maximum absolute atomic E-state index is 6.15. The summed E-state index contributed by atoms with van der Waals surface area (Å²) in [4.78, 5) is 10.8. The van der Waals surface area contributed by atoms with Crippen molar-refractivity contribution in [2.24, 2.45) is 5.92 Å². The van der Waals surface area contributed by atoms with Gasteiger partial charge < -0.3 is 15.4 Å². The third-order valence-electron chi connectivity index (χ3n) is 3.85. The first kappa shape index (κ1) is 11.6. The van der Waals surface area contributed by atoms with Crippen molar-refractivity contribution in [3.05, 3.63) is 6.33 Å². The first-order valence-electron chi connectivity index (χ1n) is 6.69. The number of nitrogens with two attached hydrogens (primary N) is 1. The summed E-state index contributed by atoms with van der Waals surface area (Å²) in [5, 5.41) is 0. The lowest BCUT2D eigenvalue weighted by Crippen LogP contribution is -2.33. The highest BCUT2D eigenvalue weighted by atomic mass is 16.5. The zero-order valence-electron chi connectivity index (χ0n) is 11.0. The Morgan fingerprint density at radius 2 is 2.22 bits per heavy atom. The van der Waals surface area contributed by atoms with Gasteiger partial charge in [0, 0.05) is 12.6 Å². The monoisotopic (exact) mass is 248 g/mol. The van der Waals surface area contributed by atoms with Gasteiger partial charge in [0.05, 0.1) is 6.10 Å². The zero-order chi connectivity index (χ0) is 12.7. The molecule has 0 spiro atoms. The van der Waals surface area contributed by atoms with E-state index in [1.54, 1.807) is 6.33 Å². The second-order valence-electron chi connectivity index (χ2n) is 5.57. The number of hydrogen-bond acceptors (Lipinski definition) is 5. The molecule has 0 radical (unpaired) electrons. The number of nitrogens with zero attached hydrogens (tertiary/aromatic N) is 3. The van der Waals surface area contributed by atoms with E-state index in [0.717, 1.165) is 18.3 Å². The van der Waals surface area contributed by atoms with Crippen LogP contribution in [0.5, 0.6) is 5.88 Å². The van der Waals surface area contributed by atoms with Crippen molar-refractivity contribution in [2.45, 2.75) is 45.3 Å². The predicted octanol–water partition coefficient (Wildman–Crippen LogP) is 1.83. The molecule has 18 heavy (non-hydrogen) atoms. The van der Waals surface area contributed by atoms with E-state index >= 15 is 0 Å². The Labute approximate surface area is 107 Å². The second-order valence-corrected chi connectivity index (χ2v) is 5.57. The Morgan fingerprint density at radius 1 is 1.39 bits per heavy atom. The summed E-state index contributed by atoms with van der Waals surface area (Å²) in [6.07, 6.45) is 5.51. The average molecular weight is 248 g/mol. The van der Waals surface area contributed by atoms with Crippen LogP contribution in [0.4, 0.5) is 11.5 Å². The van der Waals surface area contributed by atoms with Gasteiger partial charge in [-0.3, -0.25) is 0 Å². The van der Waals surface area contributed by atoms with Crippen LogP contribution in [-0.4, -0.2) is 28.7 Å². The molecule has 1 aliphatic heterocycles. The van der Waals surface area contributed by atoms with E-state index in [-0.39, 0.29) is 6.10 Å². The summed E-state index contributed by atoms with van der Waals surface area (Å²) < 4.78 is 5.62.